The van der Waals surface area contributed by atoms with Gasteiger partial charge in [0.1, 0.15) is 18.0 Å². The van der Waals surface area contributed by atoms with Gasteiger partial charge in [0.05, 0.1) is 0 Å². The highest BCUT2D eigenvalue weighted by Crippen LogP contribution is 2.35. The van der Waals surface area contributed by atoms with E-state index in [4.69, 9.17) is 5.10 Å². The van der Waals surface area contributed by atoms with E-state index in [-0.39, 0.29) is 0 Å². The monoisotopic (exact) mass is 349 g/mol. The third kappa shape index (κ3) is 2.58. The summed E-state index contributed by atoms with van der Waals surface area (Å²) in [6, 6.07) is 6.27. The predicted molar refractivity (Wildman–Crippen MR) is 101 cm³/mol. The number of nitrogens with zero attached hydrogens (tertiary/aromatic N) is 7. The molecule has 3 aromatic heterocycles. The summed E-state index contributed by atoms with van der Waals surface area (Å²) < 4.78 is 1.85. The number of aromatic nitrogens is 5. The van der Waals surface area contributed by atoms with Gasteiger partial charge < -0.3 is 9.80 Å². The van der Waals surface area contributed by atoms with Crippen LogP contribution >= 0.6 is 0 Å². The Bertz CT molecular complexity index is 920. The third-order valence-electron chi connectivity index (χ3n) is 5.64. The predicted octanol–water partition coefficient (Wildman–Crippen LogP) is 2.22. The SMILES string of the molecule is CC(C)c1cc(N2CC3CN(c4ccc5nccn5n4)CC3C2)ncn1. The Morgan fingerprint density at radius 1 is 0.923 bits per heavy atom. The van der Waals surface area contributed by atoms with Crippen LogP contribution in [0.15, 0.2) is 36.9 Å². The van der Waals surface area contributed by atoms with Crippen LogP contribution in [0.1, 0.15) is 25.5 Å². The number of hydrogen-bond acceptors (Lipinski definition) is 6. The molecule has 5 heterocycles. The highest BCUT2D eigenvalue weighted by molar-refractivity contribution is 5.48. The van der Waals surface area contributed by atoms with E-state index in [0.717, 1.165) is 49.2 Å². The Morgan fingerprint density at radius 2 is 1.65 bits per heavy atom. The number of hydrogen-bond donors (Lipinski definition) is 0. The lowest BCUT2D eigenvalue weighted by Gasteiger charge is -2.23. The van der Waals surface area contributed by atoms with Crippen molar-refractivity contribution >= 4 is 17.3 Å². The van der Waals surface area contributed by atoms with Gasteiger partial charge in [-0.25, -0.2) is 19.5 Å². The standard InChI is InChI=1S/C19H23N7/c1-13(2)16-7-19(22-12-21-16)25-10-14-8-24(9-15(14)11-25)18-4-3-17-20-5-6-26(17)23-18/h3-7,12-15H,8-11H2,1-2H3. The first kappa shape index (κ1) is 15.5. The first-order chi connectivity index (χ1) is 12.7. The van der Waals surface area contributed by atoms with Gasteiger partial charge in [-0.2, -0.15) is 0 Å². The first-order valence-electron chi connectivity index (χ1n) is 9.29. The van der Waals surface area contributed by atoms with E-state index in [1.165, 1.54) is 0 Å². The van der Waals surface area contributed by atoms with Gasteiger partial charge in [-0.15, -0.1) is 5.10 Å². The van der Waals surface area contributed by atoms with E-state index in [2.05, 4.69) is 50.7 Å². The van der Waals surface area contributed by atoms with Crippen molar-refractivity contribution in [2.24, 2.45) is 11.8 Å². The van der Waals surface area contributed by atoms with Crippen molar-refractivity contribution < 1.29 is 0 Å². The zero-order chi connectivity index (χ0) is 17.7. The van der Waals surface area contributed by atoms with E-state index < -0.39 is 0 Å². The maximum Gasteiger partial charge on any atom is 0.153 e. The lowest BCUT2D eigenvalue weighted by molar-refractivity contribution is 0.533. The molecule has 0 saturated carbocycles. The summed E-state index contributed by atoms with van der Waals surface area (Å²) in [5.41, 5.74) is 2.01. The minimum Gasteiger partial charge on any atom is -0.356 e. The van der Waals surface area contributed by atoms with Crippen molar-refractivity contribution in [3.05, 3.63) is 42.6 Å². The highest BCUT2D eigenvalue weighted by atomic mass is 15.3. The van der Waals surface area contributed by atoms with Gasteiger partial charge in [-0.3, -0.25) is 0 Å². The molecule has 2 atom stereocenters. The lowest BCUT2D eigenvalue weighted by atomic mass is 10.0. The molecule has 7 heteroatoms. The van der Waals surface area contributed by atoms with Gasteiger partial charge in [0.25, 0.3) is 0 Å². The molecule has 2 saturated heterocycles. The van der Waals surface area contributed by atoms with E-state index >= 15 is 0 Å². The number of anilines is 2. The van der Waals surface area contributed by atoms with Crippen LogP contribution in [0.2, 0.25) is 0 Å². The van der Waals surface area contributed by atoms with Crippen LogP contribution in [-0.4, -0.2) is 50.7 Å². The Hall–Kier alpha value is -2.70. The minimum atomic E-state index is 0.429. The average molecular weight is 349 g/mol. The highest BCUT2D eigenvalue weighted by Gasteiger charge is 2.41. The average Bonchev–Trinajstić information content (AvgIpc) is 3.35. The fourth-order valence-electron chi connectivity index (χ4n) is 4.19. The molecule has 26 heavy (non-hydrogen) atoms. The second-order valence-electron chi connectivity index (χ2n) is 7.71. The Labute approximate surface area is 152 Å². The van der Waals surface area contributed by atoms with Crippen molar-refractivity contribution in [2.75, 3.05) is 36.0 Å². The van der Waals surface area contributed by atoms with Gasteiger partial charge in [0, 0.05) is 62.2 Å². The minimum absolute atomic E-state index is 0.429. The van der Waals surface area contributed by atoms with Gasteiger partial charge in [-0.05, 0) is 18.1 Å². The van der Waals surface area contributed by atoms with Crippen LogP contribution in [0.4, 0.5) is 11.6 Å². The second kappa shape index (κ2) is 5.93. The van der Waals surface area contributed by atoms with Crippen molar-refractivity contribution in [2.45, 2.75) is 19.8 Å². The fraction of sp³-hybridized carbons (Fsp3) is 0.474. The zero-order valence-electron chi connectivity index (χ0n) is 15.2. The molecule has 0 bridgehead atoms. The topological polar surface area (TPSA) is 62.5 Å². The molecule has 0 radical (unpaired) electrons. The molecule has 0 aliphatic carbocycles. The molecular weight excluding hydrogens is 326 g/mol. The summed E-state index contributed by atoms with van der Waals surface area (Å²) in [4.78, 5) is 18.0. The Kier molecular flexibility index (Phi) is 3.55. The summed E-state index contributed by atoms with van der Waals surface area (Å²) in [5.74, 6) is 3.86. The van der Waals surface area contributed by atoms with E-state index in [1.54, 1.807) is 12.5 Å². The third-order valence-corrected chi connectivity index (χ3v) is 5.64. The maximum atomic E-state index is 4.70. The molecule has 134 valence electrons. The second-order valence-corrected chi connectivity index (χ2v) is 7.71. The van der Waals surface area contributed by atoms with Crippen molar-refractivity contribution in [3.63, 3.8) is 0 Å². The van der Waals surface area contributed by atoms with Crippen LogP contribution in [0.5, 0.6) is 0 Å². The number of imidazole rings is 1. The molecule has 2 aliphatic rings. The molecule has 0 amide bonds. The summed E-state index contributed by atoms with van der Waals surface area (Å²) in [7, 11) is 0. The van der Waals surface area contributed by atoms with E-state index in [9.17, 15) is 0 Å². The molecule has 0 spiro atoms. The van der Waals surface area contributed by atoms with Crippen molar-refractivity contribution in [3.8, 4) is 0 Å². The first-order valence-corrected chi connectivity index (χ1v) is 9.29. The molecular formula is C19H23N7. The lowest BCUT2D eigenvalue weighted by Crippen LogP contribution is -2.30. The van der Waals surface area contributed by atoms with Gasteiger partial charge in [0.15, 0.2) is 5.65 Å². The quantitative estimate of drug-likeness (QED) is 0.722. The number of rotatable bonds is 3. The smallest absolute Gasteiger partial charge is 0.153 e. The van der Waals surface area contributed by atoms with E-state index in [0.29, 0.717) is 17.8 Å². The van der Waals surface area contributed by atoms with Crippen LogP contribution in [0.25, 0.3) is 5.65 Å². The summed E-state index contributed by atoms with van der Waals surface area (Å²) >= 11 is 0. The van der Waals surface area contributed by atoms with Crippen LogP contribution in [0.3, 0.4) is 0 Å². The van der Waals surface area contributed by atoms with Gasteiger partial charge >= 0.3 is 0 Å². The molecule has 2 fully saturated rings. The molecule has 3 aromatic rings. The van der Waals surface area contributed by atoms with Gasteiger partial charge in [-0.1, -0.05) is 13.8 Å². The van der Waals surface area contributed by atoms with E-state index in [1.807, 2.05) is 16.8 Å². The Balaban J connectivity index is 1.30. The summed E-state index contributed by atoms with van der Waals surface area (Å²) in [6.45, 7) is 8.57. The zero-order valence-corrected chi connectivity index (χ0v) is 15.2. The summed E-state index contributed by atoms with van der Waals surface area (Å²) in [5, 5.41) is 4.70. The van der Waals surface area contributed by atoms with Crippen LogP contribution in [0, 0.1) is 11.8 Å². The van der Waals surface area contributed by atoms with Gasteiger partial charge in [0.2, 0.25) is 0 Å². The molecule has 0 aromatic carbocycles. The van der Waals surface area contributed by atoms with Crippen molar-refractivity contribution in [1.82, 2.24) is 24.6 Å². The number of fused-ring (bicyclic) bond motifs is 2. The maximum absolute atomic E-state index is 4.70. The normalized spacial score (nSPS) is 22.6. The fourth-order valence-corrected chi connectivity index (χ4v) is 4.19. The summed E-state index contributed by atoms with van der Waals surface area (Å²) in [6.07, 6.45) is 5.39. The van der Waals surface area contributed by atoms with Crippen LogP contribution < -0.4 is 9.80 Å². The molecule has 2 unspecified atom stereocenters. The molecule has 7 nitrogen and oxygen atoms in total. The van der Waals surface area contributed by atoms with Crippen LogP contribution in [-0.2, 0) is 0 Å². The Morgan fingerprint density at radius 3 is 2.38 bits per heavy atom. The molecule has 2 aliphatic heterocycles. The van der Waals surface area contributed by atoms with Crippen molar-refractivity contribution in [1.29, 1.82) is 0 Å². The largest absolute Gasteiger partial charge is 0.356 e. The molecule has 0 N–H and O–H groups in total. The molecule has 5 rings (SSSR count).